The summed E-state index contributed by atoms with van der Waals surface area (Å²) in [4.78, 5) is 33.9. The molecule has 0 aliphatic rings. The topological polar surface area (TPSA) is 108 Å². The van der Waals surface area contributed by atoms with Crippen molar-refractivity contribution < 1.29 is 23.5 Å². The molecule has 0 bridgehead atoms. The Morgan fingerprint density at radius 3 is 2.54 bits per heavy atom. The minimum atomic E-state index is -1.23. The number of amides is 1. The van der Waals surface area contributed by atoms with E-state index in [0.29, 0.717) is 23.8 Å². The minimum Gasteiger partial charge on any atom is -0.460 e. The van der Waals surface area contributed by atoms with Crippen molar-refractivity contribution in [1.29, 1.82) is 0 Å². The Balaban J connectivity index is 1.82. The third-order valence-corrected chi connectivity index (χ3v) is 7.62. The zero-order chi connectivity index (χ0) is 27.0. The van der Waals surface area contributed by atoms with Crippen molar-refractivity contribution >= 4 is 20.0 Å². The lowest BCUT2D eigenvalue weighted by atomic mass is 10.1. The second kappa shape index (κ2) is 12.8. The number of nitrogens with one attached hydrogen (secondary N) is 1. The maximum Gasteiger partial charge on any atom is 0.374 e. The third kappa shape index (κ3) is 7.87. The molecule has 200 valence electrons. The van der Waals surface area contributed by atoms with Crippen LogP contribution in [0.3, 0.4) is 0 Å². The van der Waals surface area contributed by atoms with Crippen LogP contribution in [0.4, 0.5) is 0 Å². The monoisotopic (exact) mass is 526 g/mol. The number of ether oxygens (including phenoxy) is 2. The average molecular weight is 527 g/mol. The molecule has 1 amide bonds. The molecule has 0 fully saturated rings. The first kappa shape index (κ1) is 28.3. The molecule has 0 aliphatic carbocycles. The van der Waals surface area contributed by atoms with Gasteiger partial charge in [-0.15, -0.1) is 0 Å². The molecular formula is C27H38N4O5Si. The quantitative estimate of drug-likeness (QED) is 0.175. The van der Waals surface area contributed by atoms with E-state index in [2.05, 4.69) is 34.9 Å². The van der Waals surface area contributed by atoms with Gasteiger partial charge in [0.2, 0.25) is 17.5 Å². The molecule has 1 N–H and O–H groups in total. The van der Waals surface area contributed by atoms with Crippen molar-refractivity contribution in [2.24, 2.45) is 0 Å². The number of imidazole rings is 1. The number of aromatic nitrogens is 3. The summed E-state index contributed by atoms with van der Waals surface area (Å²) >= 11 is 0. The number of nitrogens with zero attached hydrogens (tertiary/aromatic N) is 3. The smallest absolute Gasteiger partial charge is 0.374 e. The minimum absolute atomic E-state index is 0.0904. The molecule has 3 aromatic rings. The Morgan fingerprint density at radius 2 is 1.86 bits per heavy atom. The standard InChI is InChI=1S/C27H38N4O5Si/c1-7-21(8-2)29-25(32)23-16-28-26(36-23)20-12-10-11-19(15-20)22-17-31(18-34-13-14-37(4,5)6)24(30-22)27(33)35-9-3/h10-12,15-17,21H,7-9,13-14,18H2,1-6H3,(H,29,32). The first-order valence-electron chi connectivity index (χ1n) is 12.8. The van der Waals surface area contributed by atoms with E-state index in [1.165, 1.54) is 6.20 Å². The Morgan fingerprint density at radius 1 is 1.14 bits per heavy atom. The first-order valence-corrected chi connectivity index (χ1v) is 16.5. The Kier molecular flexibility index (Phi) is 9.82. The van der Waals surface area contributed by atoms with Gasteiger partial charge < -0.3 is 23.8 Å². The van der Waals surface area contributed by atoms with Crippen LogP contribution in [-0.4, -0.2) is 53.7 Å². The van der Waals surface area contributed by atoms with E-state index < -0.39 is 14.0 Å². The van der Waals surface area contributed by atoms with Crippen LogP contribution in [0, 0.1) is 0 Å². The maximum atomic E-state index is 12.6. The number of carbonyl (C=O) groups is 2. The van der Waals surface area contributed by atoms with Crippen LogP contribution in [0.25, 0.3) is 22.7 Å². The van der Waals surface area contributed by atoms with Crippen LogP contribution < -0.4 is 5.32 Å². The van der Waals surface area contributed by atoms with Gasteiger partial charge in [0, 0.05) is 38.0 Å². The van der Waals surface area contributed by atoms with Crippen LogP contribution in [0.5, 0.6) is 0 Å². The van der Waals surface area contributed by atoms with Gasteiger partial charge in [-0.2, -0.15) is 0 Å². The molecule has 37 heavy (non-hydrogen) atoms. The van der Waals surface area contributed by atoms with Crippen molar-refractivity contribution in [3.63, 3.8) is 0 Å². The zero-order valence-corrected chi connectivity index (χ0v) is 23.7. The highest BCUT2D eigenvalue weighted by atomic mass is 28.3. The van der Waals surface area contributed by atoms with E-state index in [-0.39, 0.29) is 36.9 Å². The molecule has 10 heteroatoms. The summed E-state index contributed by atoms with van der Waals surface area (Å²) in [7, 11) is -1.23. The van der Waals surface area contributed by atoms with Gasteiger partial charge in [0.05, 0.1) is 18.5 Å². The second-order valence-corrected chi connectivity index (χ2v) is 15.7. The number of rotatable bonds is 13. The van der Waals surface area contributed by atoms with Crippen molar-refractivity contribution in [3.05, 3.63) is 48.2 Å². The van der Waals surface area contributed by atoms with Crippen LogP contribution in [0.1, 0.15) is 54.8 Å². The van der Waals surface area contributed by atoms with Gasteiger partial charge in [0.15, 0.2) is 0 Å². The first-order chi connectivity index (χ1) is 17.6. The number of oxazole rings is 1. The molecule has 0 radical (unpaired) electrons. The summed E-state index contributed by atoms with van der Waals surface area (Å²) < 4.78 is 18.5. The fourth-order valence-electron chi connectivity index (χ4n) is 3.63. The molecule has 2 heterocycles. The van der Waals surface area contributed by atoms with Crippen LogP contribution >= 0.6 is 0 Å². The third-order valence-electron chi connectivity index (χ3n) is 5.92. The van der Waals surface area contributed by atoms with E-state index in [0.717, 1.165) is 24.4 Å². The zero-order valence-electron chi connectivity index (χ0n) is 22.7. The molecule has 2 aromatic heterocycles. The fraction of sp³-hybridized carbons (Fsp3) is 0.481. The summed E-state index contributed by atoms with van der Waals surface area (Å²) in [5, 5.41) is 2.95. The van der Waals surface area contributed by atoms with Crippen molar-refractivity contribution in [1.82, 2.24) is 19.9 Å². The summed E-state index contributed by atoms with van der Waals surface area (Å²) in [5.74, 6) is -0.102. The molecule has 3 rings (SSSR count). The van der Waals surface area contributed by atoms with Gasteiger partial charge in [-0.3, -0.25) is 4.79 Å². The molecular weight excluding hydrogens is 488 g/mol. The Bertz CT molecular complexity index is 1190. The van der Waals surface area contributed by atoms with Gasteiger partial charge in [0.25, 0.3) is 5.91 Å². The number of hydrogen-bond acceptors (Lipinski definition) is 7. The molecule has 0 saturated carbocycles. The fourth-order valence-corrected chi connectivity index (χ4v) is 4.38. The molecule has 1 aromatic carbocycles. The number of hydrogen-bond donors (Lipinski definition) is 1. The predicted molar refractivity (Wildman–Crippen MR) is 145 cm³/mol. The lowest BCUT2D eigenvalue weighted by Gasteiger charge is -2.15. The van der Waals surface area contributed by atoms with E-state index >= 15 is 0 Å². The number of benzene rings is 1. The SMILES string of the molecule is CCOC(=O)c1nc(-c2cccc(-c3ncc(C(=O)NC(CC)CC)o3)c2)cn1COCC[Si](C)(C)C. The van der Waals surface area contributed by atoms with Gasteiger partial charge in [0.1, 0.15) is 6.73 Å². The highest BCUT2D eigenvalue weighted by molar-refractivity contribution is 6.76. The van der Waals surface area contributed by atoms with E-state index in [1.807, 2.05) is 38.1 Å². The molecule has 0 atom stereocenters. The van der Waals surface area contributed by atoms with E-state index in [9.17, 15) is 9.59 Å². The molecule has 0 unspecified atom stereocenters. The van der Waals surface area contributed by atoms with Gasteiger partial charge in [-0.25, -0.2) is 14.8 Å². The van der Waals surface area contributed by atoms with Crippen molar-refractivity contribution in [2.75, 3.05) is 13.2 Å². The highest BCUT2D eigenvalue weighted by Gasteiger charge is 2.20. The van der Waals surface area contributed by atoms with Gasteiger partial charge in [-0.05, 0) is 37.9 Å². The average Bonchev–Trinajstić information content (AvgIpc) is 3.53. The lowest BCUT2D eigenvalue weighted by Crippen LogP contribution is -2.33. The highest BCUT2D eigenvalue weighted by Crippen LogP contribution is 2.26. The maximum absolute atomic E-state index is 12.6. The normalized spacial score (nSPS) is 11.6. The summed E-state index contributed by atoms with van der Waals surface area (Å²) in [6.45, 7) is 13.8. The van der Waals surface area contributed by atoms with Crippen molar-refractivity contribution in [2.45, 2.75) is 72.1 Å². The second-order valence-electron chi connectivity index (χ2n) is 10.1. The van der Waals surface area contributed by atoms with Crippen LogP contribution in [0.2, 0.25) is 25.7 Å². The van der Waals surface area contributed by atoms with Gasteiger partial charge in [-0.1, -0.05) is 45.6 Å². The van der Waals surface area contributed by atoms with E-state index in [1.54, 1.807) is 17.7 Å². The lowest BCUT2D eigenvalue weighted by molar-refractivity contribution is 0.0463. The van der Waals surface area contributed by atoms with Crippen LogP contribution in [0.15, 0.2) is 41.1 Å². The summed E-state index contributed by atoms with van der Waals surface area (Å²) in [5.41, 5.74) is 2.06. The predicted octanol–water partition coefficient (Wildman–Crippen LogP) is 5.61. The Hall–Kier alpha value is -3.24. The number of esters is 1. The summed E-state index contributed by atoms with van der Waals surface area (Å²) in [6.07, 6.45) is 4.90. The number of carbonyl (C=O) groups excluding carboxylic acids is 2. The molecule has 0 saturated heterocycles. The summed E-state index contributed by atoms with van der Waals surface area (Å²) in [6, 6.07) is 8.57. The van der Waals surface area contributed by atoms with Crippen molar-refractivity contribution in [3.8, 4) is 22.7 Å². The molecule has 9 nitrogen and oxygen atoms in total. The Labute approximate surface area is 219 Å². The van der Waals surface area contributed by atoms with Crippen LogP contribution in [-0.2, 0) is 16.2 Å². The van der Waals surface area contributed by atoms with Gasteiger partial charge >= 0.3 is 5.97 Å². The molecule has 0 spiro atoms. The largest absolute Gasteiger partial charge is 0.460 e. The molecule has 0 aliphatic heterocycles. The van der Waals surface area contributed by atoms with E-state index in [4.69, 9.17) is 13.9 Å².